The van der Waals surface area contributed by atoms with E-state index in [1.54, 1.807) is 0 Å². The number of halogens is 1. The van der Waals surface area contributed by atoms with E-state index in [0.29, 0.717) is 11.6 Å². The number of nitrogens with one attached hydrogen (secondary N) is 1. The van der Waals surface area contributed by atoms with Gasteiger partial charge in [-0.15, -0.1) is 0 Å². The van der Waals surface area contributed by atoms with Crippen molar-refractivity contribution in [3.63, 3.8) is 0 Å². The summed E-state index contributed by atoms with van der Waals surface area (Å²) in [6.07, 6.45) is 3.38. The van der Waals surface area contributed by atoms with E-state index in [-0.39, 0.29) is 17.6 Å². The highest BCUT2D eigenvalue weighted by Crippen LogP contribution is 2.39. The lowest BCUT2D eigenvalue weighted by Crippen LogP contribution is -2.04. The quantitative estimate of drug-likeness (QED) is 0.700. The van der Waals surface area contributed by atoms with Gasteiger partial charge in [-0.05, 0) is 12.3 Å². The molecule has 0 spiro atoms. The molecule has 1 aromatic rings. The lowest BCUT2D eigenvalue weighted by Gasteiger charge is -2.12. The number of H-pyrrole nitrogens is 1. The van der Waals surface area contributed by atoms with Crippen LogP contribution in [0.5, 0.6) is 0 Å². The van der Waals surface area contributed by atoms with E-state index >= 15 is 0 Å². The molecule has 0 saturated heterocycles. The average Bonchev–Trinajstić information content (AvgIpc) is 2.62. The van der Waals surface area contributed by atoms with Crippen molar-refractivity contribution < 1.29 is 4.39 Å². The fourth-order valence-corrected chi connectivity index (χ4v) is 2.18. The largest absolute Gasteiger partial charge is 0.380 e. The van der Waals surface area contributed by atoms with E-state index in [1.807, 2.05) is 0 Å². The summed E-state index contributed by atoms with van der Waals surface area (Å²) in [6.45, 7) is 2.15. The number of hydrogen-bond acceptors (Lipinski definition) is 2. The second kappa shape index (κ2) is 3.01. The summed E-state index contributed by atoms with van der Waals surface area (Å²) in [5.74, 6) is 0.465. The predicted molar refractivity (Wildman–Crippen MR) is 48.7 cm³/mol. The SMILES string of the molecule is CC1CCCC1c1[nH]nc(N)c1F. The van der Waals surface area contributed by atoms with Crippen molar-refractivity contribution in [2.45, 2.75) is 32.1 Å². The van der Waals surface area contributed by atoms with Gasteiger partial charge in [0.1, 0.15) is 0 Å². The van der Waals surface area contributed by atoms with Gasteiger partial charge >= 0.3 is 0 Å². The van der Waals surface area contributed by atoms with Crippen LogP contribution in [0.25, 0.3) is 0 Å². The smallest absolute Gasteiger partial charge is 0.188 e. The molecule has 0 aromatic carbocycles. The van der Waals surface area contributed by atoms with Gasteiger partial charge in [0.25, 0.3) is 0 Å². The molecule has 1 fully saturated rings. The Morgan fingerprint density at radius 1 is 1.54 bits per heavy atom. The summed E-state index contributed by atoms with van der Waals surface area (Å²) >= 11 is 0. The van der Waals surface area contributed by atoms with Crippen LogP contribution in [0.3, 0.4) is 0 Å². The molecule has 1 heterocycles. The highest BCUT2D eigenvalue weighted by atomic mass is 19.1. The molecule has 72 valence electrons. The second-order valence-electron chi connectivity index (χ2n) is 3.85. The Labute approximate surface area is 76.5 Å². The molecule has 1 aromatic heterocycles. The zero-order valence-corrected chi connectivity index (χ0v) is 7.68. The molecule has 0 amide bonds. The zero-order valence-electron chi connectivity index (χ0n) is 7.68. The third-order valence-electron chi connectivity index (χ3n) is 2.99. The van der Waals surface area contributed by atoms with Crippen molar-refractivity contribution in [3.05, 3.63) is 11.5 Å². The first-order valence-electron chi connectivity index (χ1n) is 4.69. The van der Waals surface area contributed by atoms with Crippen molar-refractivity contribution in [2.75, 3.05) is 5.73 Å². The first-order valence-corrected chi connectivity index (χ1v) is 4.69. The van der Waals surface area contributed by atoms with Crippen molar-refractivity contribution in [1.29, 1.82) is 0 Å². The van der Waals surface area contributed by atoms with Gasteiger partial charge in [0, 0.05) is 5.92 Å². The fraction of sp³-hybridized carbons (Fsp3) is 0.667. The van der Waals surface area contributed by atoms with Crippen LogP contribution >= 0.6 is 0 Å². The number of anilines is 1. The van der Waals surface area contributed by atoms with Crippen molar-refractivity contribution in [2.24, 2.45) is 5.92 Å². The first-order chi connectivity index (χ1) is 6.20. The van der Waals surface area contributed by atoms with Gasteiger partial charge < -0.3 is 5.73 Å². The maximum Gasteiger partial charge on any atom is 0.188 e. The summed E-state index contributed by atoms with van der Waals surface area (Å²) in [4.78, 5) is 0. The monoisotopic (exact) mass is 183 g/mol. The Bertz CT molecular complexity index is 308. The molecule has 2 atom stereocenters. The van der Waals surface area contributed by atoms with Crippen LogP contribution in [0.4, 0.5) is 10.2 Å². The highest BCUT2D eigenvalue weighted by molar-refractivity contribution is 5.33. The van der Waals surface area contributed by atoms with Crippen LogP contribution in [0, 0.1) is 11.7 Å². The summed E-state index contributed by atoms with van der Waals surface area (Å²) in [5.41, 5.74) is 5.94. The molecule has 1 aliphatic rings. The third kappa shape index (κ3) is 1.30. The molecule has 2 unspecified atom stereocenters. The van der Waals surface area contributed by atoms with Crippen LogP contribution in [-0.4, -0.2) is 10.2 Å². The Morgan fingerprint density at radius 3 is 2.77 bits per heavy atom. The van der Waals surface area contributed by atoms with E-state index in [1.165, 1.54) is 12.8 Å². The zero-order chi connectivity index (χ0) is 9.42. The fourth-order valence-electron chi connectivity index (χ4n) is 2.18. The van der Waals surface area contributed by atoms with Gasteiger partial charge in [-0.2, -0.15) is 5.10 Å². The van der Waals surface area contributed by atoms with E-state index in [0.717, 1.165) is 6.42 Å². The van der Waals surface area contributed by atoms with E-state index in [9.17, 15) is 4.39 Å². The van der Waals surface area contributed by atoms with E-state index < -0.39 is 0 Å². The van der Waals surface area contributed by atoms with Gasteiger partial charge in [-0.3, -0.25) is 5.10 Å². The van der Waals surface area contributed by atoms with E-state index in [4.69, 9.17) is 5.73 Å². The minimum absolute atomic E-state index is 0.00546. The Balaban J connectivity index is 2.29. The predicted octanol–water partition coefficient (Wildman–Crippen LogP) is 2.03. The summed E-state index contributed by atoms with van der Waals surface area (Å²) in [5, 5.41) is 6.37. The molecule has 3 N–H and O–H groups in total. The number of hydrogen-bond donors (Lipinski definition) is 2. The molecule has 3 nitrogen and oxygen atoms in total. The number of nitrogens with zero attached hydrogens (tertiary/aromatic N) is 1. The van der Waals surface area contributed by atoms with Gasteiger partial charge in [0.15, 0.2) is 11.6 Å². The standard InChI is InChI=1S/C9H14FN3/c1-5-3-2-4-6(5)8-7(10)9(11)13-12-8/h5-6H,2-4H2,1H3,(H3,11,12,13). The Kier molecular flexibility index (Phi) is 1.98. The van der Waals surface area contributed by atoms with Crippen LogP contribution in [0.1, 0.15) is 37.8 Å². The number of nitrogen functional groups attached to an aromatic ring is 1. The second-order valence-corrected chi connectivity index (χ2v) is 3.85. The Morgan fingerprint density at radius 2 is 2.31 bits per heavy atom. The summed E-state index contributed by atoms with van der Waals surface area (Å²) < 4.78 is 13.4. The molecule has 1 saturated carbocycles. The van der Waals surface area contributed by atoms with E-state index in [2.05, 4.69) is 17.1 Å². The molecular formula is C9H14FN3. The van der Waals surface area contributed by atoms with Gasteiger partial charge in [0.2, 0.25) is 0 Å². The molecule has 2 rings (SSSR count). The normalized spacial score (nSPS) is 28.2. The third-order valence-corrected chi connectivity index (χ3v) is 2.99. The number of aromatic amines is 1. The molecule has 1 aliphatic carbocycles. The average molecular weight is 183 g/mol. The van der Waals surface area contributed by atoms with Crippen LogP contribution < -0.4 is 5.73 Å². The molecule has 4 heteroatoms. The lowest BCUT2D eigenvalue weighted by molar-refractivity contribution is 0.493. The lowest BCUT2D eigenvalue weighted by atomic mass is 9.94. The molecule has 0 aliphatic heterocycles. The van der Waals surface area contributed by atoms with Crippen LogP contribution in [0.2, 0.25) is 0 Å². The maximum absolute atomic E-state index is 13.4. The molecule has 0 radical (unpaired) electrons. The van der Waals surface area contributed by atoms with Gasteiger partial charge in [-0.25, -0.2) is 4.39 Å². The first kappa shape index (κ1) is 8.53. The number of aromatic nitrogens is 2. The topological polar surface area (TPSA) is 54.7 Å². The van der Waals surface area contributed by atoms with Crippen molar-refractivity contribution in [1.82, 2.24) is 10.2 Å². The highest BCUT2D eigenvalue weighted by Gasteiger charge is 2.29. The molecule has 13 heavy (non-hydrogen) atoms. The maximum atomic E-state index is 13.4. The summed E-state index contributed by atoms with van der Waals surface area (Å²) in [6, 6.07) is 0. The minimum Gasteiger partial charge on any atom is -0.380 e. The van der Waals surface area contributed by atoms with Crippen molar-refractivity contribution >= 4 is 5.82 Å². The summed E-state index contributed by atoms with van der Waals surface area (Å²) in [7, 11) is 0. The molecular weight excluding hydrogens is 169 g/mol. The Hall–Kier alpha value is -1.06. The van der Waals surface area contributed by atoms with Gasteiger partial charge in [-0.1, -0.05) is 19.8 Å². The van der Waals surface area contributed by atoms with Crippen LogP contribution in [-0.2, 0) is 0 Å². The van der Waals surface area contributed by atoms with Crippen LogP contribution in [0.15, 0.2) is 0 Å². The van der Waals surface area contributed by atoms with Gasteiger partial charge in [0.05, 0.1) is 5.69 Å². The number of nitrogens with two attached hydrogens (primary N) is 1. The minimum atomic E-state index is -0.348. The van der Waals surface area contributed by atoms with Crippen molar-refractivity contribution in [3.8, 4) is 0 Å². The number of rotatable bonds is 1. The molecule has 0 bridgehead atoms.